The van der Waals surface area contributed by atoms with Crippen LogP contribution in [0.15, 0.2) is 35.7 Å². The van der Waals surface area contributed by atoms with Gasteiger partial charge in [0.25, 0.3) is 0 Å². The first-order valence-electron chi connectivity index (χ1n) is 6.30. The molecule has 19 heavy (non-hydrogen) atoms. The van der Waals surface area contributed by atoms with Gasteiger partial charge in [-0.2, -0.15) is 0 Å². The summed E-state index contributed by atoms with van der Waals surface area (Å²) >= 11 is 1.67. The SMILES string of the molecule is Cc1ccsc1CNC(=O)CCc1ccccc1N. The number of para-hydroxylation sites is 1. The number of carbonyl (C=O) groups is 1. The summed E-state index contributed by atoms with van der Waals surface area (Å²) < 4.78 is 0. The van der Waals surface area contributed by atoms with E-state index in [4.69, 9.17) is 5.73 Å². The Balaban J connectivity index is 1.79. The smallest absolute Gasteiger partial charge is 0.220 e. The van der Waals surface area contributed by atoms with Crippen molar-refractivity contribution in [2.45, 2.75) is 26.3 Å². The lowest BCUT2D eigenvalue weighted by atomic mass is 10.1. The molecule has 0 aliphatic rings. The van der Waals surface area contributed by atoms with Crippen molar-refractivity contribution in [3.05, 3.63) is 51.7 Å². The van der Waals surface area contributed by atoms with E-state index in [1.165, 1.54) is 10.4 Å². The van der Waals surface area contributed by atoms with E-state index in [-0.39, 0.29) is 5.91 Å². The average molecular weight is 274 g/mol. The van der Waals surface area contributed by atoms with E-state index in [9.17, 15) is 4.79 Å². The van der Waals surface area contributed by atoms with Crippen LogP contribution >= 0.6 is 11.3 Å². The highest BCUT2D eigenvalue weighted by Gasteiger charge is 2.05. The van der Waals surface area contributed by atoms with E-state index in [1.54, 1.807) is 11.3 Å². The normalized spacial score (nSPS) is 10.4. The van der Waals surface area contributed by atoms with Gasteiger partial charge >= 0.3 is 0 Å². The molecule has 4 heteroatoms. The molecule has 0 aliphatic carbocycles. The van der Waals surface area contributed by atoms with E-state index in [1.807, 2.05) is 29.6 Å². The van der Waals surface area contributed by atoms with Crippen LogP contribution in [0.3, 0.4) is 0 Å². The van der Waals surface area contributed by atoms with Crippen molar-refractivity contribution in [1.82, 2.24) is 5.32 Å². The quantitative estimate of drug-likeness (QED) is 0.824. The van der Waals surface area contributed by atoms with Crippen LogP contribution in [0.1, 0.15) is 22.4 Å². The molecule has 0 saturated carbocycles. The number of amides is 1. The van der Waals surface area contributed by atoms with Gasteiger partial charge in [-0.25, -0.2) is 0 Å². The largest absolute Gasteiger partial charge is 0.399 e. The molecule has 2 aromatic rings. The maximum absolute atomic E-state index is 11.8. The first-order chi connectivity index (χ1) is 9.16. The fourth-order valence-corrected chi connectivity index (χ4v) is 2.71. The third-order valence-electron chi connectivity index (χ3n) is 3.09. The van der Waals surface area contributed by atoms with E-state index < -0.39 is 0 Å². The van der Waals surface area contributed by atoms with E-state index in [0.29, 0.717) is 19.4 Å². The average Bonchev–Trinajstić information content (AvgIpc) is 2.81. The Bertz CT molecular complexity index is 563. The second kappa shape index (κ2) is 6.38. The zero-order valence-electron chi connectivity index (χ0n) is 11.0. The van der Waals surface area contributed by atoms with E-state index in [2.05, 4.69) is 18.3 Å². The number of hydrogen-bond donors (Lipinski definition) is 2. The van der Waals surface area contributed by atoms with Crippen molar-refractivity contribution >= 4 is 22.9 Å². The van der Waals surface area contributed by atoms with Gasteiger partial charge in [0.2, 0.25) is 5.91 Å². The summed E-state index contributed by atoms with van der Waals surface area (Å²) in [6.45, 7) is 2.68. The van der Waals surface area contributed by atoms with Crippen LogP contribution in [0, 0.1) is 6.92 Å². The number of nitrogen functional groups attached to an aromatic ring is 1. The van der Waals surface area contributed by atoms with E-state index in [0.717, 1.165) is 11.3 Å². The second-order valence-electron chi connectivity index (χ2n) is 4.50. The van der Waals surface area contributed by atoms with Crippen LogP contribution in [0.2, 0.25) is 0 Å². The summed E-state index contributed by atoms with van der Waals surface area (Å²) in [5, 5.41) is 4.99. The number of carbonyl (C=O) groups excluding carboxylic acids is 1. The maximum Gasteiger partial charge on any atom is 0.220 e. The van der Waals surface area contributed by atoms with Crippen LogP contribution in [0.4, 0.5) is 5.69 Å². The van der Waals surface area contributed by atoms with Crippen molar-refractivity contribution in [3.8, 4) is 0 Å². The molecule has 1 aromatic heterocycles. The van der Waals surface area contributed by atoms with Gasteiger partial charge in [0, 0.05) is 17.0 Å². The molecule has 100 valence electrons. The Morgan fingerprint density at radius 3 is 2.79 bits per heavy atom. The number of nitrogens with one attached hydrogen (secondary N) is 1. The molecule has 0 fully saturated rings. The van der Waals surface area contributed by atoms with Gasteiger partial charge < -0.3 is 11.1 Å². The van der Waals surface area contributed by atoms with Crippen LogP contribution in [-0.4, -0.2) is 5.91 Å². The van der Waals surface area contributed by atoms with Crippen molar-refractivity contribution < 1.29 is 4.79 Å². The van der Waals surface area contributed by atoms with Gasteiger partial charge in [-0.05, 0) is 42.0 Å². The molecule has 3 N–H and O–H groups in total. The standard InChI is InChI=1S/C15H18N2OS/c1-11-8-9-19-14(11)10-17-15(18)7-6-12-4-2-3-5-13(12)16/h2-5,8-9H,6-7,10,16H2,1H3,(H,17,18). The summed E-state index contributed by atoms with van der Waals surface area (Å²) in [5.74, 6) is 0.0658. The van der Waals surface area contributed by atoms with Crippen molar-refractivity contribution in [2.24, 2.45) is 0 Å². The second-order valence-corrected chi connectivity index (χ2v) is 5.50. The molecule has 3 nitrogen and oxygen atoms in total. The Kier molecular flexibility index (Phi) is 4.58. The topological polar surface area (TPSA) is 55.1 Å². The summed E-state index contributed by atoms with van der Waals surface area (Å²) in [7, 11) is 0. The summed E-state index contributed by atoms with van der Waals surface area (Å²) in [6, 6.07) is 9.74. The van der Waals surface area contributed by atoms with Crippen molar-refractivity contribution in [1.29, 1.82) is 0 Å². The van der Waals surface area contributed by atoms with Gasteiger partial charge in [0.15, 0.2) is 0 Å². The number of nitrogens with two attached hydrogens (primary N) is 1. The Morgan fingerprint density at radius 2 is 2.11 bits per heavy atom. The summed E-state index contributed by atoms with van der Waals surface area (Å²) in [4.78, 5) is 13.0. The third kappa shape index (κ3) is 3.83. The number of thiophene rings is 1. The Hall–Kier alpha value is -1.81. The van der Waals surface area contributed by atoms with Gasteiger partial charge in [0.05, 0.1) is 6.54 Å². The number of hydrogen-bond acceptors (Lipinski definition) is 3. The lowest BCUT2D eigenvalue weighted by molar-refractivity contribution is -0.121. The molecule has 1 aromatic carbocycles. The molecule has 1 heterocycles. The molecule has 0 radical (unpaired) electrons. The summed E-state index contributed by atoms with van der Waals surface area (Å²) in [6.07, 6.45) is 1.15. The predicted molar refractivity (Wildman–Crippen MR) is 80.1 cm³/mol. The molecular formula is C15H18N2OS. The fraction of sp³-hybridized carbons (Fsp3) is 0.267. The van der Waals surface area contributed by atoms with Gasteiger partial charge in [-0.1, -0.05) is 18.2 Å². The highest BCUT2D eigenvalue weighted by Crippen LogP contribution is 2.15. The molecule has 2 rings (SSSR count). The minimum Gasteiger partial charge on any atom is -0.399 e. The number of benzene rings is 1. The fourth-order valence-electron chi connectivity index (χ4n) is 1.86. The van der Waals surface area contributed by atoms with Gasteiger partial charge in [-0.15, -0.1) is 11.3 Å². The molecule has 0 atom stereocenters. The molecule has 0 aliphatic heterocycles. The minimum atomic E-state index is 0.0658. The monoisotopic (exact) mass is 274 g/mol. The van der Waals surface area contributed by atoms with Gasteiger partial charge in [-0.3, -0.25) is 4.79 Å². The molecule has 0 saturated heterocycles. The summed E-state index contributed by atoms with van der Waals surface area (Å²) in [5.41, 5.74) is 8.87. The first kappa shape index (κ1) is 13.6. The van der Waals surface area contributed by atoms with Gasteiger partial charge in [0.1, 0.15) is 0 Å². The Labute approximate surface area is 117 Å². The van der Waals surface area contributed by atoms with Crippen LogP contribution < -0.4 is 11.1 Å². The predicted octanol–water partition coefficient (Wildman–Crippen LogP) is 2.89. The Morgan fingerprint density at radius 1 is 1.32 bits per heavy atom. The van der Waals surface area contributed by atoms with Crippen molar-refractivity contribution in [3.63, 3.8) is 0 Å². The molecule has 0 bridgehead atoms. The molecule has 1 amide bonds. The number of rotatable bonds is 5. The van der Waals surface area contributed by atoms with Crippen LogP contribution in [0.5, 0.6) is 0 Å². The highest BCUT2D eigenvalue weighted by atomic mass is 32.1. The van der Waals surface area contributed by atoms with Crippen molar-refractivity contribution in [2.75, 3.05) is 5.73 Å². The van der Waals surface area contributed by atoms with Crippen LogP contribution in [0.25, 0.3) is 0 Å². The number of anilines is 1. The van der Waals surface area contributed by atoms with E-state index >= 15 is 0 Å². The molecule has 0 spiro atoms. The lowest BCUT2D eigenvalue weighted by Gasteiger charge is -2.06. The minimum absolute atomic E-state index is 0.0658. The highest BCUT2D eigenvalue weighted by molar-refractivity contribution is 7.10. The zero-order chi connectivity index (χ0) is 13.7. The number of aryl methyl sites for hydroxylation is 2. The maximum atomic E-state index is 11.8. The van der Waals surface area contributed by atoms with Crippen LogP contribution in [-0.2, 0) is 17.8 Å². The lowest BCUT2D eigenvalue weighted by Crippen LogP contribution is -2.22. The third-order valence-corrected chi connectivity index (χ3v) is 4.11. The molecule has 0 unspecified atom stereocenters. The molecular weight excluding hydrogens is 256 g/mol. The first-order valence-corrected chi connectivity index (χ1v) is 7.18. The zero-order valence-corrected chi connectivity index (χ0v) is 11.8.